The highest BCUT2D eigenvalue weighted by Gasteiger charge is 2.57. The van der Waals surface area contributed by atoms with Crippen LogP contribution in [0.3, 0.4) is 0 Å². The lowest BCUT2D eigenvalue weighted by molar-refractivity contribution is 0.567. The van der Waals surface area contributed by atoms with E-state index in [0.29, 0.717) is 17.4 Å². The molecule has 2 unspecified atom stereocenters. The van der Waals surface area contributed by atoms with Crippen LogP contribution in [0, 0.1) is 5.41 Å². The minimum atomic E-state index is 0.378. The van der Waals surface area contributed by atoms with Gasteiger partial charge in [-0.2, -0.15) is 0 Å². The Balaban J connectivity index is 2.22. The van der Waals surface area contributed by atoms with Gasteiger partial charge in [-0.25, -0.2) is 0 Å². The third kappa shape index (κ3) is 1.45. The van der Waals surface area contributed by atoms with Gasteiger partial charge in [0.2, 0.25) is 0 Å². The number of hydrogen-bond acceptors (Lipinski definition) is 1. The molecule has 0 aliphatic heterocycles. The summed E-state index contributed by atoms with van der Waals surface area (Å²) in [7, 11) is 2.03. The number of halogens is 1. The molecular weight excluding hydrogens is 194 g/mol. The van der Waals surface area contributed by atoms with Crippen molar-refractivity contribution in [1.29, 1.82) is 0 Å². The van der Waals surface area contributed by atoms with Crippen LogP contribution in [-0.4, -0.2) is 13.1 Å². The number of rotatable bonds is 2. The van der Waals surface area contributed by atoms with Crippen molar-refractivity contribution in [3.8, 4) is 0 Å². The lowest BCUT2D eigenvalue weighted by atomic mass is 10.0. The van der Waals surface area contributed by atoms with Gasteiger partial charge in [-0.05, 0) is 30.2 Å². The fourth-order valence-electron chi connectivity index (χ4n) is 2.47. The Morgan fingerprint density at radius 2 is 1.79 bits per heavy atom. The highest BCUT2D eigenvalue weighted by molar-refractivity contribution is 6.30. The van der Waals surface area contributed by atoms with Gasteiger partial charge in [-0.3, -0.25) is 0 Å². The topological polar surface area (TPSA) is 12.0 Å². The van der Waals surface area contributed by atoms with Gasteiger partial charge in [-0.1, -0.05) is 37.6 Å². The fraction of sp³-hybridized carbons (Fsp3) is 0.500. The Kier molecular flexibility index (Phi) is 2.32. The number of benzene rings is 1. The highest BCUT2D eigenvalue weighted by atomic mass is 35.5. The zero-order valence-electron chi connectivity index (χ0n) is 8.84. The van der Waals surface area contributed by atoms with E-state index < -0.39 is 0 Å². The van der Waals surface area contributed by atoms with Crippen LogP contribution in [0.25, 0.3) is 0 Å². The summed E-state index contributed by atoms with van der Waals surface area (Å²) in [6.07, 6.45) is 0. The van der Waals surface area contributed by atoms with Gasteiger partial charge in [-0.15, -0.1) is 0 Å². The first-order valence-corrected chi connectivity index (χ1v) is 5.38. The van der Waals surface area contributed by atoms with E-state index >= 15 is 0 Å². The molecule has 1 aliphatic carbocycles. The van der Waals surface area contributed by atoms with Crippen molar-refractivity contribution in [2.24, 2.45) is 5.41 Å². The summed E-state index contributed by atoms with van der Waals surface area (Å²) in [5.41, 5.74) is 1.77. The van der Waals surface area contributed by atoms with Gasteiger partial charge >= 0.3 is 0 Å². The molecule has 1 aliphatic rings. The minimum absolute atomic E-state index is 0.378. The van der Waals surface area contributed by atoms with E-state index in [1.807, 2.05) is 19.2 Å². The van der Waals surface area contributed by atoms with Crippen LogP contribution >= 0.6 is 11.6 Å². The first kappa shape index (κ1) is 10.0. The largest absolute Gasteiger partial charge is 0.316 e. The Hall–Kier alpha value is -0.530. The summed E-state index contributed by atoms with van der Waals surface area (Å²) in [5.74, 6) is 0.629. The van der Waals surface area contributed by atoms with Gasteiger partial charge in [0.1, 0.15) is 0 Å². The molecule has 0 spiro atoms. The molecule has 0 saturated heterocycles. The van der Waals surface area contributed by atoms with E-state index in [4.69, 9.17) is 11.6 Å². The maximum Gasteiger partial charge on any atom is 0.0406 e. The quantitative estimate of drug-likeness (QED) is 0.790. The monoisotopic (exact) mass is 209 g/mol. The average Bonchev–Trinajstić information content (AvgIpc) is 2.69. The Morgan fingerprint density at radius 3 is 2.21 bits per heavy atom. The van der Waals surface area contributed by atoms with E-state index in [1.54, 1.807) is 0 Å². The Bertz CT molecular complexity index is 329. The van der Waals surface area contributed by atoms with Crippen LogP contribution in [0.4, 0.5) is 0 Å². The maximum absolute atomic E-state index is 5.86. The van der Waals surface area contributed by atoms with Gasteiger partial charge in [0.25, 0.3) is 0 Å². The average molecular weight is 210 g/mol. The molecule has 2 rings (SSSR count). The molecule has 0 heterocycles. The van der Waals surface area contributed by atoms with Crippen LogP contribution in [0.2, 0.25) is 5.02 Å². The van der Waals surface area contributed by atoms with Gasteiger partial charge in [0.15, 0.2) is 0 Å². The number of likely N-dealkylation sites (N-methyl/N-ethyl adjacent to an activating group) is 1. The first-order valence-electron chi connectivity index (χ1n) is 5.00. The summed E-state index contributed by atoms with van der Waals surface area (Å²) in [6, 6.07) is 8.80. The predicted octanol–water partition coefficient (Wildman–Crippen LogP) is 3.05. The molecule has 14 heavy (non-hydrogen) atoms. The standard InChI is InChI=1S/C12H16ClN/c1-12(2)10(11(12)14-3)8-4-6-9(13)7-5-8/h4-7,10-11,14H,1-3H3. The molecule has 2 heteroatoms. The minimum Gasteiger partial charge on any atom is -0.316 e. The second kappa shape index (κ2) is 3.25. The van der Waals surface area contributed by atoms with Gasteiger partial charge in [0, 0.05) is 17.0 Å². The smallest absolute Gasteiger partial charge is 0.0406 e. The molecule has 1 N–H and O–H groups in total. The molecule has 1 aromatic carbocycles. The van der Waals surface area contributed by atoms with Crippen molar-refractivity contribution in [2.75, 3.05) is 7.05 Å². The number of hydrogen-bond donors (Lipinski definition) is 1. The van der Waals surface area contributed by atoms with Crippen molar-refractivity contribution < 1.29 is 0 Å². The molecule has 0 aromatic heterocycles. The summed E-state index contributed by atoms with van der Waals surface area (Å²) in [4.78, 5) is 0. The molecule has 76 valence electrons. The number of nitrogens with one attached hydrogen (secondary N) is 1. The van der Waals surface area contributed by atoms with Crippen LogP contribution in [-0.2, 0) is 0 Å². The molecule has 0 bridgehead atoms. The van der Waals surface area contributed by atoms with E-state index in [9.17, 15) is 0 Å². The van der Waals surface area contributed by atoms with E-state index in [-0.39, 0.29) is 0 Å². The lowest BCUT2D eigenvalue weighted by Gasteiger charge is -2.02. The van der Waals surface area contributed by atoms with Crippen molar-refractivity contribution in [3.63, 3.8) is 0 Å². The van der Waals surface area contributed by atoms with Crippen molar-refractivity contribution >= 4 is 11.6 Å². The second-order valence-corrected chi connectivity index (χ2v) is 5.05. The molecule has 2 atom stereocenters. The van der Waals surface area contributed by atoms with E-state index in [1.165, 1.54) is 5.56 Å². The molecular formula is C12H16ClN. The zero-order chi connectivity index (χ0) is 10.3. The van der Waals surface area contributed by atoms with Crippen molar-refractivity contribution in [1.82, 2.24) is 5.32 Å². The SMILES string of the molecule is CNC1C(c2ccc(Cl)cc2)C1(C)C. The van der Waals surface area contributed by atoms with Gasteiger partial charge < -0.3 is 5.32 Å². The maximum atomic E-state index is 5.86. The summed E-state index contributed by atoms with van der Waals surface area (Å²) < 4.78 is 0. The summed E-state index contributed by atoms with van der Waals surface area (Å²) >= 11 is 5.86. The normalized spacial score (nSPS) is 28.9. The van der Waals surface area contributed by atoms with E-state index in [0.717, 1.165) is 5.02 Å². The van der Waals surface area contributed by atoms with Crippen LogP contribution < -0.4 is 5.32 Å². The predicted molar refractivity (Wildman–Crippen MR) is 60.8 cm³/mol. The second-order valence-electron chi connectivity index (χ2n) is 4.62. The van der Waals surface area contributed by atoms with Crippen LogP contribution in [0.5, 0.6) is 0 Å². The third-order valence-electron chi connectivity index (χ3n) is 3.37. The van der Waals surface area contributed by atoms with E-state index in [2.05, 4.69) is 31.3 Å². The molecule has 1 saturated carbocycles. The molecule has 0 radical (unpaired) electrons. The summed E-state index contributed by atoms with van der Waals surface area (Å²) in [5, 5.41) is 4.17. The Morgan fingerprint density at radius 1 is 1.21 bits per heavy atom. The van der Waals surface area contributed by atoms with Crippen LogP contribution in [0.15, 0.2) is 24.3 Å². The van der Waals surface area contributed by atoms with Crippen molar-refractivity contribution in [2.45, 2.75) is 25.8 Å². The van der Waals surface area contributed by atoms with Crippen molar-refractivity contribution in [3.05, 3.63) is 34.9 Å². The highest BCUT2D eigenvalue weighted by Crippen LogP contribution is 2.58. The molecule has 1 aromatic rings. The zero-order valence-corrected chi connectivity index (χ0v) is 9.60. The first-order chi connectivity index (χ1) is 6.57. The lowest BCUT2D eigenvalue weighted by Crippen LogP contribution is -2.14. The van der Waals surface area contributed by atoms with Gasteiger partial charge in [0.05, 0.1) is 0 Å². The third-order valence-corrected chi connectivity index (χ3v) is 3.62. The molecule has 1 nitrogen and oxygen atoms in total. The Labute approximate surface area is 90.5 Å². The van der Waals surface area contributed by atoms with Crippen LogP contribution in [0.1, 0.15) is 25.3 Å². The molecule has 1 fully saturated rings. The molecule has 0 amide bonds. The fourth-order valence-corrected chi connectivity index (χ4v) is 2.59. The summed E-state index contributed by atoms with van der Waals surface area (Å²) in [6.45, 7) is 4.60.